The van der Waals surface area contributed by atoms with E-state index >= 15 is 0 Å². The number of hydrogen-bond acceptors (Lipinski definition) is 3. The molecule has 0 saturated heterocycles. The maximum atomic E-state index is 12.7. The lowest BCUT2D eigenvalue weighted by molar-refractivity contribution is -0.135. The quantitative estimate of drug-likeness (QED) is 0.888. The zero-order valence-electron chi connectivity index (χ0n) is 11.1. The van der Waals surface area contributed by atoms with Crippen LogP contribution < -0.4 is 4.31 Å². The van der Waals surface area contributed by atoms with Gasteiger partial charge in [0.25, 0.3) is 10.0 Å². The third kappa shape index (κ3) is 3.52. The topological polar surface area (TPSA) is 74.7 Å². The molecule has 0 spiro atoms. The van der Waals surface area contributed by atoms with Gasteiger partial charge in [0, 0.05) is 5.02 Å². The standard InChI is InChI=1S/C14H11Cl2NO4S/c15-10-6-7-13(12(16)8-10)17(9-14(18)19)22(20,21)11-4-2-1-3-5-11/h1-8H,9H2,(H,18,19). The molecule has 0 aliphatic rings. The van der Waals surface area contributed by atoms with Crippen molar-refractivity contribution < 1.29 is 18.3 Å². The van der Waals surface area contributed by atoms with Crippen LogP contribution in [-0.2, 0) is 14.8 Å². The number of carboxylic acid groups (broad SMARTS) is 1. The van der Waals surface area contributed by atoms with Gasteiger partial charge in [0.1, 0.15) is 6.54 Å². The molecule has 0 bridgehead atoms. The fourth-order valence-electron chi connectivity index (χ4n) is 1.83. The predicted molar refractivity (Wildman–Crippen MR) is 85.1 cm³/mol. The summed E-state index contributed by atoms with van der Waals surface area (Å²) in [6.45, 7) is -0.751. The summed E-state index contributed by atoms with van der Waals surface area (Å²) in [5, 5.41) is 9.40. The zero-order chi connectivity index (χ0) is 16.3. The first-order chi connectivity index (χ1) is 10.3. The Morgan fingerprint density at radius 1 is 1.09 bits per heavy atom. The maximum absolute atomic E-state index is 12.7. The van der Waals surface area contributed by atoms with Gasteiger partial charge in [0.15, 0.2) is 0 Å². The summed E-state index contributed by atoms with van der Waals surface area (Å²) in [5.41, 5.74) is 0.0531. The van der Waals surface area contributed by atoms with Gasteiger partial charge in [-0.2, -0.15) is 0 Å². The van der Waals surface area contributed by atoms with Crippen LogP contribution >= 0.6 is 23.2 Å². The van der Waals surface area contributed by atoms with Gasteiger partial charge in [-0.1, -0.05) is 41.4 Å². The molecular weight excluding hydrogens is 349 g/mol. The monoisotopic (exact) mass is 359 g/mol. The Kier molecular flexibility index (Phi) is 4.95. The lowest BCUT2D eigenvalue weighted by Crippen LogP contribution is -2.35. The summed E-state index contributed by atoms with van der Waals surface area (Å²) >= 11 is 11.8. The van der Waals surface area contributed by atoms with Crippen molar-refractivity contribution in [1.29, 1.82) is 0 Å². The van der Waals surface area contributed by atoms with Crippen LogP contribution in [0.4, 0.5) is 5.69 Å². The number of carbonyl (C=O) groups is 1. The Labute approximate surface area is 137 Å². The number of halogens is 2. The second kappa shape index (κ2) is 6.56. The zero-order valence-corrected chi connectivity index (χ0v) is 13.4. The Bertz CT molecular complexity index is 794. The van der Waals surface area contributed by atoms with Gasteiger partial charge in [-0.25, -0.2) is 8.42 Å². The second-order valence-electron chi connectivity index (χ2n) is 4.31. The van der Waals surface area contributed by atoms with Crippen molar-refractivity contribution >= 4 is 44.9 Å². The van der Waals surface area contributed by atoms with Crippen LogP contribution in [0.25, 0.3) is 0 Å². The predicted octanol–water partition coefficient (Wildman–Crippen LogP) is 3.27. The van der Waals surface area contributed by atoms with Crippen LogP contribution in [0.3, 0.4) is 0 Å². The molecule has 0 aliphatic carbocycles. The third-order valence-corrected chi connectivity index (χ3v) is 5.10. The number of aliphatic carboxylic acids is 1. The number of nitrogens with zero attached hydrogens (tertiary/aromatic N) is 1. The molecule has 5 nitrogen and oxygen atoms in total. The fourth-order valence-corrected chi connectivity index (χ4v) is 3.84. The van der Waals surface area contributed by atoms with E-state index in [1.165, 1.54) is 30.3 Å². The van der Waals surface area contributed by atoms with Gasteiger partial charge in [0.2, 0.25) is 0 Å². The number of anilines is 1. The van der Waals surface area contributed by atoms with Crippen molar-refractivity contribution in [2.24, 2.45) is 0 Å². The molecule has 0 aliphatic heterocycles. The van der Waals surface area contributed by atoms with Crippen molar-refractivity contribution in [2.75, 3.05) is 10.8 Å². The van der Waals surface area contributed by atoms with E-state index in [9.17, 15) is 13.2 Å². The van der Waals surface area contributed by atoms with E-state index < -0.39 is 22.5 Å². The van der Waals surface area contributed by atoms with Crippen LogP contribution in [-0.4, -0.2) is 26.0 Å². The number of rotatable bonds is 5. The Hall–Kier alpha value is -1.76. The second-order valence-corrected chi connectivity index (χ2v) is 7.02. The van der Waals surface area contributed by atoms with Crippen LogP contribution in [0.2, 0.25) is 10.0 Å². The van der Waals surface area contributed by atoms with Gasteiger partial charge in [0.05, 0.1) is 15.6 Å². The molecule has 0 amide bonds. The van der Waals surface area contributed by atoms with Gasteiger partial charge >= 0.3 is 5.97 Å². The van der Waals surface area contributed by atoms with Crippen LogP contribution in [0.5, 0.6) is 0 Å². The smallest absolute Gasteiger partial charge is 0.324 e. The fraction of sp³-hybridized carbons (Fsp3) is 0.0714. The first-order valence-corrected chi connectivity index (χ1v) is 8.26. The maximum Gasteiger partial charge on any atom is 0.324 e. The van der Waals surface area contributed by atoms with Crippen LogP contribution in [0.1, 0.15) is 0 Å². The van der Waals surface area contributed by atoms with E-state index in [-0.39, 0.29) is 15.6 Å². The molecule has 22 heavy (non-hydrogen) atoms. The Morgan fingerprint density at radius 3 is 2.27 bits per heavy atom. The Balaban J connectivity index is 2.58. The van der Waals surface area contributed by atoms with Gasteiger partial charge < -0.3 is 5.11 Å². The first kappa shape index (κ1) is 16.6. The van der Waals surface area contributed by atoms with Crippen molar-refractivity contribution in [2.45, 2.75) is 4.90 Å². The average molecular weight is 360 g/mol. The largest absolute Gasteiger partial charge is 0.480 e. The molecule has 1 N–H and O–H groups in total. The lowest BCUT2D eigenvalue weighted by Gasteiger charge is -2.23. The van der Waals surface area contributed by atoms with Gasteiger partial charge in [-0.3, -0.25) is 9.10 Å². The molecule has 0 atom stereocenters. The highest BCUT2D eigenvalue weighted by atomic mass is 35.5. The Morgan fingerprint density at radius 2 is 1.73 bits per heavy atom. The van der Waals surface area contributed by atoms with Gasteiger partial charge in [-0.15, -0.1) is 0 Å². The average Bonchev–Trinajstić information content (AvgIpc) is 2.46. The summed E-state index contributed by atoms with van der Waals surface area (Å²) in [6.07, 6.45) is 0. The van der Waals surface area contributed by atoms with E-state index in [1.54, 1.807) is 18.2 Å². The number of carboxylic acids is 1. The van der Waals surface area contributed by atoms with E-state index in [0.717, 1.165) is 4.31 Å². The SMILES string of the molecule is O=C(O)CN(c1ccc(Cl)cc1Cl)S(=O)(=O)c1ccccc1. The highest BCUT2D eigenvalue weighted by Crippen LogP contribution is 2.32. The molecule has 0 unspecified atom stereocenters. The molecule has 8 heteroatoms. The van der Waals surface area contributed by atoms with E-state index in [1.807, 2.05) is 0 Å². The molecule has 0 fully saturated rings. The highest BCUT2D eigenvalue weighted by molar-refractivity contribution is 7.92. The molecule has 2 aromatic rings. The summed E-state index contributed by atoms with van der Waals surface area (Å²) in [5.74, 6) is -1.30. The minimum atomic E-state index is -4.06. The molecule has 116 valence electrons. The number of benzene rings is 2. The van der Waals surface area contributed by atoms with Crippen LogP contribution in [0.15, 0.2) is 53.4 Å². The molecule has 0 heterocycles. The van der Waals surface area contributed by atoms with Crippen molar-refractivity contribution in [3.63, 3.8) is 0 Å². The minimum Gasteiger partial charge on any atom is -0.480 e. The van der Waals surface area contributed by atoms with Crippen molar-refractivity contribution in [1.82, 2.24) is 0 Å². The normalized spacial score (nSPS) is 11.2. The van der Waals surface area contributed by atoms with Crippen molar-refractivity contribution in [3.8, 4) is 0 Å². The number of hydrogen-bond donors (Lipinski definition) is 1. The molecule has 0 aromatic heterocycles. The molecular formula is C14H11Cl2NO4S. The first-order valence-electron chi connectivity index (χ1n) is 6.07. The molecule has 2 aromatic carbocycles. The summed E-state index contributed by atoms with van der Waals surface area (Å²) in [6, 6.07) is 11.7. The lowest BCUT2D eigenvalue weighted by atomic mass is 10.3. The molecule has 2 rings (SSSR count). The third-order valence-electron chi connectivity index (χ3n) is 2.79. The number of sulfonamides is 1. The summed E-state index contributed by atoms with van der Waals surface area (Å²) < 4.78 is 26.1. The van der Waals surface area contributed by atoms with E-state index in [0.29, 0.717) is 5.02 Å². The van der Waals surface area contributed by atoms with Crippen molar-refractivity contribution in [3.05, 3.63) is 58.6 Å². The highest BCUT2D eigenvalue weighted by Gasteiger charge is 2.28. The molecule has 0 saturated carbocycles. The minimum absolute atomic E-state index is 0.0257. The summed E-state index contributed by atoms with van der Waals surface area (Å²) in [4.78, 5) is 11.0. The molecule has 0 radical (unpaired) electrons. The van der Waals surface area contributed by atoms with E-state index in [4.69, 9.17) is 28.3 Å². The van der Waals surface area contributed by atoms with Gasteiger partial charge in [-0.05, 0) is 30.3 Å². The summed E-state index contributed by atoms with van der Waals surface area (Å²) in [7, 11) is -4.06. The van der Waals surface area contributed by atoms with E-state index in [2.05, 4.69) is 0 Å². The van der Waals surface area contributed by atoms with Crippen LogP contribution in [0, 0.1) is 0 Å².